The van der Waals surface area contributed by atoms with Crippen LogP contribution in [0.25, 0.3) is 0 Å². The van der Waals surface area contributed by atoms with Gasteiger partial charge < -0.3 is 14.2 Å². The summed E-state index contributed by atoms with van der Waals surface area (Å²) in [5, 5.41) is 0. The quantitative estimate of drug-likeness (QED) is 0.0261. The lowest BCUT2D eigenvalue weighted by atomic mass is 10.0. The fourth-order valence-electron chi connectivity index (χ4n) is 10.3. The standard InChI is InChI=1S/C71H130O6/c1-4-7-10-13-16-19-22-25-28-30-32-34-35-37-38-40-43-46-49-52-55-58-61-64-70(73)76-67-68(66-75-69(72)63-60-57-54-51-48-45-42-27-24-21-18-15-12-9-6-3)77-71(74)65-62-59-56-53-50-47-44-41-39-36-33-31-29-26-23-20-17-14-11-8-5-2/h8,11,17,20,26,29,33,36,68H,4-7,9-10,12-16,18-19,21-25,27-28,30-32,34-35,37-67H2,1-3H3/b11-8-,20-17-,29-26-,36-33-. The van der Waals surface area contributed by atoms with Crippen molar-refractivity contribution in [3.8, 4) is 0 Å². The molecule has 0 aromatic carbocycles. The molecule has 0 radical (unpaired) electrons. The van der Waals surface area contributed by atoms with Gasteiger partial charge in [0.1, 0.15) is 13.2 Å². The maximum Gasteiger partial charge on any atom is 0.306 e. The predicted octanol–water partition coefficient (Wildman–Crippen LogP) is 23.3. The Hall–Kier alpha value is -2.63. The highest BCUT2D eigenvalue weighted by atomic mass is 16.6. The first-order valence-corrected chi connectivity index (χ1v) is 34.1. The van der Waals surface area contributed by atoms with Crippen LogP contribution in [-0.2, 0) is 28.6 Å². The SMILES string of the molecule is CC/C=C\C/C=C\C/C=C\C/C=C\CCCCCCCCCCC(=O)OC(COC(=O)CCCCCCCCCCCCCCCCC)COC(=O)CCCCCCCCCCCCCCCCCCCCCCCCC. The third-order valence-electron chi connectivity index (χ3n) is 15.3. The number of hydrogen-bond acceptors (Lipinski definition) is 6. The summed E-state index contributed by atoms with van der Waals surface area (Å²) in [4.78, 5) is 38.4. The van der Waals surface area contributed by atoms with Crippen LogP contribution in [-0.4, -0.2) is 37.2 Å². The van der Waals surface area contributed by atoms with Gasteiger partial charge in [-0.3, -0.25) is 14.4 Å². The molecule has 0 saturated heterocycles. The average Bonchev–Trinajstić information content (AvgIpc) is 3.43. The van der Waals surface area contributed by atoms with Gasteiger partial charge in [0.25, 0.3) is 0 Å². The maximum absolute atomic E-state index is 12.9. The van der Waals surface area contributed by atoms with Crippen LogP contribution in [0.1, 0.15) is 367 Å². The van der Waals surface area contributed by atoms with Crippen LogP contribution in [0, 0.1) is 0 Å². The minimum Gasteiger partial charge on any atom is -0.462 e. The summed E-state index contributed by atoms with van der Waals surface area (Å²) in [5.74, 6) is -0.851. The molecule has 0 fully saturated rings. The zero-order valence-corrected chi connectivity index (χ0v) is 51.7. The van der Waals surface area contributed by atoms with Gasteiger partial charge in [-0.15, -0.1) is 0 Å². The summed E-state index contributed by atoms with van der Waals surface area (Å²) in [7, 11) is 0. The van der Waals surface area contributed by atoms with Crippen molar-refractivity contribution in [2.45, 2.75) is 374 Å². The van der Waals surface area contributed by atoms with Gasteiger partial charge >= 0.3 is 17.9 Å². The summed E-state index contributed by atoms with van der Waals surface area (Å²) in [6.07, 6.45) is 82.7. The van der Waals surface area contributed by atoms with E-state index in [1.54, 1.807) is 0 Å². The second-order valence-electron chi connectivity index (χ2n) is 23.1. The molecule has 1 unspecified atom stereocenters. The van der Waals surface area contributed by atoms with Gasteiger partial charge in [0.2, 0.25) is 0 Å². The van der Waals surface area contributed by atoms with Crippen LogP contribution >= 0.6 is 0 Å². The van der Waals surface area contributed by atoms with Crippen molar-refractivity contribution >= 4 is 17.9 Å². The monoisotopic (exact) mass is 1080 g/mol. The number of unbranched alkanes of at least 4 members (excludes halogenated alkanes) is 44. The summed E-state index contributed by atoms with van der Waals surface area (Å²) in [6.45, 7) is 6.59. The van der Waals surface area contributed by atoms with E-state index in [0.717, 1.165) is 89.9 Å². The largest absolute Gasteiger partial charge is 0.462 e. The Labute approximate surface area is 479 Å². The molecule has 6 heteroatoms. The lowest BCUT2D eigenvalue weighted by Gasteiger charge is -2.18. The Morgan fingerprint density at radius 2 is 0.506 bits per heavy atom. The Morgan fingerprint density at radius 3 is 0.792 bits per heavy atom. The minimum absolute atomic E-state index is 0.0710. The number of rotatable bonds is 63. The molecule has 0 aromatic rings. The van der Waals surface area contributed by atoms with Crippen molar-refractivity contribution in [3.05, 3.63) is 48.6 Å². The molecule has 0 bridgehead atoms. The highest BCUT2D eigenvalue weighted by Crippen LogP contribution is 2.18. The zero-order valence-electron chi connectivity index (χ0n) is 51.7. The Kier molecular flexibility index (Phi) is 63.6. The first kappa shape index (κ1) is 74.4. The highest BCUT2D eigenvalue weighted by Gasteiger charge is 2.19. The lowest BCUT2D eigenvalue weighted by molar-refractivity contribution is -0.167. The topological polar surface area (TPSA) is 78.9 Å². The molecule has 450 valence electrons. The van der Waals surface area contributed by atoms with E-state index in [0.29, 0.717) is 19.3 Å². The van der Waals surface area contributed by atoms with Gasteiger partial charge in [-0.25, -0.2) is 0 Å². The van der Waals surface area contributed by atoms with Crippen LogP contribution in [0.3, 0.4) is 0 Å². The summed E-state index contributed by atoms with van der Waals surface area (Å²) in [5.41, 5.74) is 0. The molecule has 0 aromatic heterocycles. The van der Waals surface area contributed by atoms with Crippen molar-refractivity contribution in [1.29, 1.82) is 0 Å². The number of ether oxygens (including phenoxy) is 3. The number of carbonyl (C=O) groups excluding carboxylic acids is 3. The van der Waals surface area contributed by atoms with Gasteiger partial charge in [-0.05, 0) is 57.8 Å². The summed E-state index contributed by atoms with van der Waals surface area (Å²) in [6, 6.07) is 0. The molecule has 0 saturated carbocycles. The van der Waals surface area contributed by atoms with E-state index >= 15 is 0 Å². The molecule has 77 heavy (non-hydrogen) atoms. The smallest absolute Gasteiger partial charge is 0.306 e. The average molecular weight is 1080 g/mol. The van der Waals surface area contributed by atoms with Crippen molar-refractivity contribution < 1.29 is 28.6 Å². The van der Waals surface area contributed by atoms with Crippen LogP contribution in [0.2, 0.25) is 0 Å². The number of esters is 3. The Balaban J connectivity index is 4.30. The van der Waals surface area contributed by atoms with Crippen molar-refractivity contribution in [2.75, 3.05) is 13.2 Å². The molecule has 0 aliphatic rings. The number of allylic oxidation sites excluding steroid dienone is 8. The molecule has 0 aliphatic heterocycles. The van der Waals surface area contributed by atoms with Gasteiger partial charge in [0.15, 0.2) is 6.10 Å². The lowest BCUT2D eigenvalue weighted by Crippen LogP contribution is -2.30. The van der Waals surface area contributed by atoms with Gasteiger partial charge in [0.05, 0.1) is 0 Å². The Morgan fingerprint density at radius 1 is 0.273 bits per heavy atom. The van der Waals surface area contributed by atoms with E-state index in [1.807, 2.05) is 0 Å². The van der Waals surface area contributed by atoms with Crippen molar-refractivity contribution in [2.24, 2.45) is 0 Å². The van der Waals surface area contributed by atoms with Crippen LogP contribution in [0.15, 0.2) is 48.6 Å². The third-order valence-corrected chi connectivity index (χ3v) is 15.3. The Bertz CT molecular complexity index is 1330. The maximum atomic E-state index is 12.9. The second kappa shape index (κ2) is 65.9. The molecule has 0 heterocycles. The van der Waals surface area contributed by atoms with Crippen LogP contribution in [0.5, 0.6) is 0 Å². The fourth-order valence-corrected chi connectivity index (χ4v) is 10.3. The van der Waals surface area contributed by atoms with Gasteiger partial charge in [-0.2, -0.15) is 0 Å². The molecule has 0 spiro atoms. The molecule has 0 aliphatic carbocycles. The normalized spacial score (nSPS) is 12.3. The van der Waals surface area contributed by atoms with Crippen molar-refractivity contribution in [1.82, 2.24) is 0 Å². The second-order valence-corrected chi connectivity index (χ2v) is 23.1. The molecule has 6 nitrogen and oxygen atoms in total. The molecule has 0 N–H and O–H groups in total. The van der Waals surface area contributed by atoms with E-state index in [4.69, 9.17) is 14.2 Å². The predicted molar refractivity (Wildman–Crippen MR) is 335 cm³/mol. The molecule has 0 amide bonds. The number of hydrogen-bond donors (Lipinski definition) is 0. The van der Waals surface area contributed by atoms with Crippen molar-refractivity contribution in [3.63, 3.8) is 0 Å². The summed E-state index contributed by atoms with van der Waals surface area (Å²) < 4.78 is 17.0. The first-order valence-electron chi connectivity index (χ1n) is 34.1. The molecule has 0 rings (SSSR count). The highest BCUT2D eigenvalue weighted by molar-refractivity contribution is 5.71. The van der Waals surface area contributed by atoms with E-state index in [9.17, 15) is 14.4 Å². The number of carbonyl (C=O) groups is 3. The van der Waals surface area contributed by atoms with E-state index in [1.165, 1.54) is 238 Å². The van der Waals surface area contributed by atoms with Gasteiger partial charge in [0, 0.05) is 19.3 Å². The van der Waals surface area contributed by atoms with Gasteiger partial charge in [-0.1, -0.05) is 339 Å². The van der Waals surface area contributed by atoms with E-state index in [2.05, 4.69) is 69.4 Å². The van der Waals surface area contributed by atoms with E-state index < -0.39 is 6.10 Å². The molecular weight excluding hydrogens is 949 g/mol. The van der Waals surface area contributed by atoms with Crippen LogP contribution < -0.4 is 0 Å². The molecular formula is C71H130O6. The van der Waals surface area contributed by atoms with E-state index in [-0.39, 0.29) is 31.1 Å². The molecule has 1 atom stereocenters. The fraction of sp³-hybridized carbons (Fsp3) is 0.845. The third kappa shape index (κ3) is 64.1. The zero-order chi connectivity index (χ0) is 55.7. The first-order chi connectivity index (χ1) is 38.0. The summed E-state index contributed by atoms with van der Waals surface area (Å²) >= 11 is 0. The van der Waals surface area contributed by atoms with Crippen LogP contribution in [0.4, 0.5) is 0 Å². The minimum atomic E-state index is -0.775.